The number of aryl methyl sites for hydroxylation is 2. The molecule has 0 saturated carbocycles. The topological polar surface area (TPSA) is 94.3 Å². The molecule has 1 aromatic carbocycles. The number of fused-ring (bicyclic) bond motifs is 3. The molecule has 1 amide bonds. The summed E-state index contributed by atoms with van der Waals surface area (Å²) in [6.45, 7) is 6.11. The van der Waals surface area contributed by atoms with Crippen LogP contribution in [0.2, 0.25) is 5.02 Å². The lowest BCUT2D eigenvalue weighted by Gasteiger charge is -2.13. The van der Waals surface area contributed by atoms with Crippen molar-refractivity contribution in [3.05, 3.63) is 80.8 Å². The molecule has 5 rings (SSSR count). The average Bonchev–Trinajstić information content (AvgIpc) is 3.32. The number of hydrogen-bond acceptors (Lipinski definition) is 7. The molecule has 4 heterocycles. The van der Waals surface area contributed by atoms with Crippen molar-refractivity contribution >= 4 is 40.2 Å². The summed E-state index contributed by atoms with van der Waals surface area (Å²) in [6.07, 6.45) is 1.65. The summed E-state index contributed by atoms with van der Waals surface area (Å²) in [5.74, 6) is 1.66. The number of aliphatic imine (C=N–C) groups is 1. The fraction of sp³-hybridized carbons (Fsp3) is 0.240. The Morgan fingerprint density at radius 2 is 1.91 bits per heavy atom. The van der Waals surface area contributed by atoms with Crippen LogP contribution in [0.3, 0.4) is 0 Å². The van der Waals surface area contributed by atoms with E-state index in [1.54, 1.807) is 36.8 Å². The smallest absolute Gasteiger partial charge is 0.227 e. The first-order chi connectivity index (χ1) is 16.9. The first-order valence-corrected chi connectivity index (χ1v) is 12.2. The molecule has 0 spiro atoms. The summed E-state index contributed by atoms with van der Waals surface area (Å²) in [6, 6.07) is 10.5. The number of nitrogens with zero attached hydrogens (tertiary/aromatic N) is 5. The summed E-state index contributed by atoms with van der Waals surface area (Å²) in [7, 11) is 1.54. The minimum absolute atomic E-state index is 0.0915. The number of carbonyl (C=O) groups is 1. The number of rotatable bonds is 5. The molecule has 35 heavy (non-hydrogen) atoms. The van der Waals surface area contributed by atoms with Gasteiger partial charge in [-0.1, -0.05) is 23.7 Å². The Kier molecular flexibility index (Phi) is 6.12. The van der Waals surface area contributed by atoms with Crippen molar-refractivity contribution in [2.24, 2.45) is 4.99 Å². The molecule has 178 valence electrons. The van der Waals surface area contributed by atoms with Gasteiger partial charge < -0.3 is 10.1 Å². The number of aromatic nitrogens is 4. The molecule has 8 nitrogen and oxygen atoms in total. The molecule has 0 radical (unpaired) electrons. The van der Waals surface area contributed by atoms with Crippen LogP contribution in [0.4, 0.5) is 5.69 Å². The summed E-state index contributed by atoms with van der Waals surface area (Å²) in [5, 5.41) is 13.3. The highest BCUT2D eigenvalue weighted by molar-refractivity contribution is 7.15. The average molecular weight is 507 g/mol. The normalized spacial score (nSPS) is 14.5. The fourth-order valence-corrected chi connectivity index (χ4v) is 5.44. The maximum Gasteiger partial charge on any atom is 0.227 e. The van der Waals surface area contributed by atoms with Crippen molar-refractivity contribution < 1.29 is 9.53 Å². The van der Waals surface area contributed by atoms with Gasteiger partial charge in [0, 0.05) is 27.1 Å². The molecule has 1 N–H and O–H groups in total. The number of anilines is 1. The SMILES string of the molecule is COc1ccc(NC(=O)CC2N=C(c3ccc(Cl)cc3)c3c(sc(C)c3C)-n3c(C)nnc32)cn1. The van der Waals surface area contributed by atoms with E-state index in [1.165, 1.54) is 4.88 Å². The van der Waals surface area contributed by atoms with Crippen LogP contribution in [0.25, 0.3) is 5.00 Å². The zero-order valence-corrected chi connectivity index (χ0v) is 21.2. The Morgan fingerprint density at radius 3 is 2.60 bits per heavy atom. The van der Waals surface area contributed by atoms with Crippen molar-refractivity contribution in [3.63, 3.8) is 0 Å². The van der Waals surface area contributed by atoms with Crippen LogP contribution < -0.4 is 10.1 Å². The second-order valence-corrected chi connectivity index (χ2v) is 9.89. The van der Waals surface area contributed by atoms with Crippen LogP contribution in [-0.4, -0.2) is 38.5 Å². The van der Waals surface area contributed by atoms with Gasteiger partial charge in [0.25, 0.3) is 0 Å². The first kappa shape index (κ1) is 23.2. The van der Waals surface area contributed by atoms with Crippen LogP contribution in [0.15, 0.2) is 47.6 Å². The van der Waals surface area contributed by atoms with Crippen LogP contribution in [0, 0.1) is 20.8 Å². The van der Waals surface area contributed by atoms with Gasteiger partial charge in [0.2, 0.25) is 11.8 Å². The standard InChI is InChI=1S/C25H23ClN6O2S/c1-13-14(2)35-25-22(13)23(16-5-7-17(26)8-6-16)29-19(24-31-30-15(3)32(24)25)11-20(33)28-18-9-10-21(34-4)27-12-18/h5-10,12,19H,11H2,1-4H3,(H,28,33). The van der Waals surface area contributed by atoms with E-state index in [0.29, 0.717) is 22.4 Å². The summed E-state index contributed by atoms with van der Waals surface area (Å²) in [5.41, 5.74) is 4.49. The summed E-state index contributed by atoms with van der Waals surface area (Å²) < 4.78 is 7.11. The van der Waals surface area contributed by atoms with E-state index in [4.69, 9.17) is 21.3 Å². The van der Waals surface area contributed by atoms with E-state index in [9.17, 15) is 4.79 Å². The molecule has 1 atom stereocenters. The summed E-state index contributed by atoms with van der Waals surface area (Å²) in [4.78, 5) is 23.5. The summed E-state index contributed by atoms with van der Waals surface area (Å²) >= 11 is 7.84. The van der Waals surface area contributed by atoms with Crippen LogP contribution in [0.5, 0.6) is 5.88 Å². The maximum absolute atomic E-state index is 13.1. The van der Waals surface area contributed by atoms with Crippen LogP contribution >= 0.6 is 22.9 Å². The largest absolute Gasteiger partial charge is 0.481 e. The van der Waals surface area contributed by atoms with Gasteiger partial charge in [0.15, 0.2) is 5.82 Å². The highest BCUT2D eigenvalue weighted by Crippen LogP contribution is 2.39. The lowest BCUT2D eigenvalue weighted by atomic mass is 9.99. The number of carbonyl (C=O) groups excluding carboxylic acids is 1. The molecule has 4 aromatic rings. The third-order valence-corrected chi connectivity index (χ3v) is 7.41. The van der Waals surface area contributed by atoms with Crippen LogP contribution in [0.1, 0.15) is 45.7 Å². The van der Waals surface area contributed by atoms with Gasteiger partial charge in [-0.05, 0) is 44.5 Å². The van der Waals surface area contributed by atoms with Crippen molar-refractivity contribution in [2.75, 3.05) is 12.4 Å². The minimum atomic E-state index is -0.535. The van der Waals surface area contributed by atoms with Gasteiger partial charge in [0.05, 0.1) is 31.1 Å². The third kappa shape index (κ3) is 4.33. The Bertz CT molecular complexity index is 1440. The van der Waals surface area contributed by atoms with Gasteiger partial charge in [-0.15, -0.1) is 21.5 Å². The second-order valence-electron chi connectivity index (χ2n) is 8.25. The molecule has 10 heteroatoms. The molecule has 3 aromatic heterocycles. The van der Waals surface area contributed by atoms with Gasteiger partial charge in [-0.3, -0.25) is 14.4 Å². The predicted octanol–water partition coefficient (Wildman–Crippen LogP) is 5.23. The van der Waals surface area contributed by atoms with E-state index < -0.39 is 6.04 Å². The van der Waals surface area contributed by atoms with Crippen molar-refractivity contribution in [2.45, 2.75) is 33.2 Å². The van der Waals surface area contributed by atoms with Crippen molar-refractivity contribution in [1.82, 2.24) is 19.7 Å². The molecular weight excluding hydrogens is 484 g/mol. The second kappa shape index (κ2) is 9.24. The molecule has 0 bridgehead atoms. The first-order valence-electron chi connectivity index (χ1n) is 11.0. The monoisotopic (exact) mass is 506 g/mol. The fourth-order valence-electron chi connectivity index (χ4n) is 4.10. The predicted molar refractivity (Wildman–Crippen MR) is 137 cm³/mol. The van der Waals surface area contributed by atoms with E-state index in [2.05, 4.69) is 34.3 Å². The highest BCUT2D eigenvalue weighted by Gasteiger charge is 2.32. The number of nitrogens with one attached hydrogen (secondary N) is 1. The zero-order chi connectivity index (χ0) is 24.7. The lowest BCUT2D eigenvalue weighted by Crippen LogP contribution is -2.17. The minimum Gasteiger partial charge on any atom is -0.481 e. The highest BCUT2D eigenvalue weighted by atomic mass is 35.5. The number of hydrogen-bond donors (Lipinski definition) is 1. The molecule has 1 unspecified atom stereocenters. The van der Waals surface area contributed by atoms with Gasteiger partial charge >= 0.3 is 0 Å². The number of methoxy groups -OCH3 is 1. The van der Waals surface area contributed by atoms with Gasteiger partial charge in [0.1, 0.15) is 16.9 Å². The number of benzene rings is 1. The quantitative estimate of drug-likeness (QED) is 0.400. The molecule has 0 fully saturated rings. The Morgan fingerprint density at radius 1 is 1.14 bits per heavy atom. The van der Waals surface area contributed by atoms with E-state index in [-0.39, 0.29) is 12.3 Å². The van der Waals surface area contributed by atoms with Gasteiger partial charge in [-0.2, -0.15) is 0 Å². The maximum atomic E-state index is 13.1. The molecular formula is C25H23ClN6O2S. The number of ether oxygens (including phenoxy) is 1. The van der Waals surface area contributed by atoms with E-state index >= 15 is 0 Å². The van der Waals surface area contributed by atoms with Gasteiger partial charge in [-0.25, -0.2) is 4.98 Å². The molecule has 1 aliphatic heterocycles. The number of thiophene rings is 1. The Balaban J connectivity index is 1.58. The number of pyridine rings is 1. The van der Waals surface area contributed by atoms with E-state index in [1.807, 2.05) is 35.8 Å². The van der Waals surface area contributed by atoms with Crippen LogP contribution in [-0.2, 0) is 4.79 Å². The Labute approximate surface area is 211 Å². The van der Waals surface area contributed by atoms with Crippen molar-refractivity contribution in [1.29, 1.82) is 0 Å². The number of amides is 1. The van der Waals surface area contributed by atoms with E-state index in [0.717, 1.165) is 33.2 Å². The third-order valence-electron chi connectivity index (χ3n) is 5.97. The molecule has 1 aliphatic rings. The zero-order valence-electron chi connectivity index (χ0n) is 19.7. The Hall–Kier alpha value is -3.56. The number of halogens is 1. The lowest BCUT2D eigenvalue weighted by molar-refractivity contribution is -0.116. The molecule has 0 aliphatic carbocycles. The molecule has 0 saturated heterocycles. The van der Waals surface area contributed by atoms with Crippen molar-refractivity contribution in [3.8, 4) is 10.9 Å².